The molecule has 1 aliphatic rings. The summed E-state index contributed by atoms with van der Waals surface area (Å²) in [4.78, 5) is 23.7. The lowest BCUT2D eigenvalue weighted by Gasteiger charge is -2.26. The Morgan fingerprint density at radius 1 is 1.14 bits per heavy atom. The van der Waals surface area contributed by atoms with Crippen molar-refractivity contribution in [2.24, 2.45) is 17.6 Å². The molecule has 1 fully saturated rings. The fraction of sp³-hybridized carbons (Fsp3) is 0.500. The van der Waals surface area contributed by atoms with Gasteiger partial charge in [-0.15, -0.1) is 0 Å². The van der Waals surface area contributed by atoms with Crippen LogP contribution in [-0.4, -0.2) is 25.4 Å². The smallest absolute Gasteiger partial charge is 0.251 e. The van der Waals surface area contributed by atoms with Crippen LogP contribution in [0.15, 0.2) is 24.3 Å². The molecule has 0 spiro atoms. The van der Waals surface area contributed by atoms with E-state index in [-0.39, 0.29) is 17.7 Å². The number of amides is 2. The van der Waals surface area contributed by atoms with Gasteiger partial charge in [0, 0.05) is 24.2 Å². The quantitative estimate of drug-likeness (QED) is 0.789. The summed E-state index contributed by atoms with van der Waals surface area (Å²) >= 11 is 0. The summed E-state index contributed by atoms with van der Waals surface area (Å²) in [6, 6.07) is 6.93. The van der Waals surface area contributed by atoms with Gasteiger partial charge in [0.2, 0.25) is 5.91 Å². The number of carbonyl (C=O) groups is 2. The number of nitrogens with one attached hydrogen (secondary N) is 2. The van der Waals surface area contributed by atoms with Gasteiger partial charge in [-0.3, -0.25) is 9.59 Å². The molecule has 5 nitrogen and oxygen atoms in total. The van der Waals surface area contributed by atoms with E-state index >= 15 is 0 Å². The molecule has 1 aromatic rings. The van der Waals surface area contributed by atoms with Gasteiger partial charge in [0.25, 0.3) is 5.91 Å². The second kappa shape index (κ2) is 7.22. The highest BCUT2D eigenvalue weighted by atomic mass is 16.2. The highest BCUT2D eigenvalue weighted by Gasteiger charge is 2.25. The van der Waals surface area contributed by atoms with Crippen molar-refractivity contribution in [1.82, 2.24) is 5.32 Å². The van der Waals surface area contributed by atoms with E-state index in [9.17, 15) is 9.59 Å². The minimum Gasteiger partial charge on any atom is -0.355 e. The summed E-state index contributed by atoms with van der Waals surface area (Å²) in [6.07, 6.45) is 3.88. The van der Waals surface area contributed by atoms with Crippen LogP contribution >= 0.6 is 0 Å². The van der Waals surface area contributed by atoms with Gasteiger partial charge in [-0.2, -0.15) is 0 Å². The summed E-state index contributed by atoms with van der Waals surface area (Å²) in [7, 11) is 1.59. The Morgan fingerprint density at radius 3 is 2.29 bits per heavy atom. The van der Waals surface area contributed by atoms with Gasteiger partial charge in [0.15, 0.2) is 0 Å². The Kier molecular flexibility index (Phi) is 5.33. The van der Waals surface area contributed by atoms with E-state index in [2.05, 4.69) is 10.6 Å². The van der Waals surface area contributed by atoms with E-state index in [0.717, 1.165) is 37.9 Å². The molecule has 4 N–H and O–H groups in total. The average Bonchev–Trinajstić information content (AvgIpc) is 2.55. The molecule has 5 heteroatoms. The topological polar surface area (TPSA) is 84.2 Å². The number of hydrogen-bond acceptors (Lipinski definition) is 3. The fourth-order valence-corrected chi connectivity index (χ4v) is 2.75. The molecule has 0 unspecified atom stereocenters. The van der Waals surface area contributed by atoms with Crippen LogP contribution in [-0.2, 0) is 4.79 Å². The zero-order valence-electron chi connectivity index (χ0n) is 12.4. The largest absolute Gasteiger partial charge is 0.355 e. The molecule has 0 saturated heterocycles. The molecule has 0 radical (unpaired) electrons. The Labute approximate surface area is 125 Å². The molecule has 0 bridgehead atoms. The number of nitrogens with two attached hydrogens (primary N) is 1. The second-order valence-electron chi connectivity index (χ2n) is 5.60. The maximum atomic E-state index is 12.2. The zero-order chi connectivity index (χ0) is 15.2. The first-order chi connectivity index (χ1) is 10.1. The van der Waals surface area contributed by atoms with E-state index < -0.39 is 0 Å². The van der Waals surface area contributed by atoms with Crippen LogP contribution in [0.5, 0.6) is 0 Å². The minimum atomic E-state index is -0.131. The van der Waals surface area contributed by atoms with Gasteiger partial charge < -0.3 is 16.4 Å². The molecule has 2 rings (SSSR count). The van der Waals surface area contributed by atoms with Crippen molar-refractivity contribution in [2.75, 3.05) is 18.9 Å². The van der Waals surface area contributed by atoms with Gasteiger partial charge in [0.05, 0.1) is 0 Å². The van der Waals surface area contributed by atoms with Gasteiger partial charge in [-0.05, 0) is 62.4 Å². The third-order valence-electron chi connectivity index (χ3n) is 4.19. The third-order valence-corrected chi connectivity index (χ3v) is 4.19. The molecular formula is C16H23N3O2. The molecule has 21 heavy (non-hydrogen) atoms. The van der Waals surface area contributed by atoms with Crippen LogP contribution in [0.4, 0.5) is 5.69 Å². The predicted molar refractivity (Wildman–Crippen MR) is 83.0 cm³/mol. The van der Waals surface area contributed by atoms with Crippen molar-refractivity contribution >= 4 is 17.5 Å². The standard InChI is InChI=1S/C16H23N3O2/c1-18-15(20)12-6-8-14(9-7-12)19-16(21)13-4-2-11(10-17)3-5-13/h6-9,11,13H,2-5,10,17H2,1H3,(H,18,20)(H,19,21). The van der Waals surface area contributed by atoms with Crippen LogP contribution in [0.3, 0.4) is 0 Å². The van der Waals surface area contributed by atoms with Crippen molar-refractivity contribution in [1.29, 1.82) is 0 Å². The van der Waals surface area contributed by atoms with Gasteiger partial charge in [0.1, 0.15) is 0 Å². The molecule has 1 saturated carbocycles. The van der Waals surface area contributed by atoms with Crippen molar-refractivity contribution in [3.63, 3.8) is 0 Å². The van der Waals surface area contributed by atoms with Crippen LogP contribution in [0.1, 0.15) is 36.0 Å². The van der Waals surface area contributed by atoms with Crippen LogP contribution in [0, 0.1) is 11.8 Å². The van der Waals surface area contributed by atoms with Crippen molar-refractivity contribution in [3.05, 3.63) is 29.8 Å². The van der Waals surface area contributed by atoms with Crippen LogP contribution in [0.2, 0.25) is 0 Å². The highest BCUT2D eigenvalue weighted by molar-refractivity contribution is 5.96. The monoisotopic (exact) mass is 289 g/mol. The molecule has 2 amide bonds. The van der Waals surface area contributed by atoms with E-state index in [1.807, 2.05) is 0 Å². The molecule has 0 atom stereocenters. The number of benzene rings is 1. The molecule has 114 valence electrons. The molecule has 1 aliphatic carbocycles. The van der Waals surface area contributed by atoms with E-state index in [1.54, 1.807) is 31.3 Å². The summed E-state index contributed by atoms with van der Waals surface area (Å²) in [6.45, 7) is 0.718. The number of hydrogen-bond donors (Lipinski definition) is 3. The average molecular weight is 289 g/mol. The number of rotatable bonds is 4. The first-order valence-corrected chi connectivity index (χ1v) is 7.47. The lowest BCUT2D eigenvalue weighted by atomic mass is 9.81. The fourth-order valence-electron chi connectivity index (χ4n) is 2.75. The molecule has 0 aromatic heterocycles. The van der Waals surface area contributed by atoms with Crippen molar-refractivity contribution in [2.45, 2.75) is 25.7 Å². The van der Waals surface area contributed by atoms with Crippen LogP contribution < -0.4 is 16.4 Å². The molecule has 1 aromatic carbocycles. The molecule has 0 heterocycles. The van der Waals surface area contributed by atoms with E-state index in [1.165, 1.54) is 0 Å². The minimum absolute atomic E-state index is 0.0677. The second-order valence-corrected chi connectivity index (χ2v) is 5.60. The Morgan fingerprint density at radius 2 is 1.76 bits per heavy atom. The summed E-state index contributed by atoms with van der Waals surface area (Å²) in [5, 5.41) is 5.49. The Hall–Kier alpha value is -1.88. The normalized spacial score (nSPS) is 21.6. The maximum Gasteiger partial charge on any atom is 0.251 e. The summed E-state index contributed by atoms with van der Waals surface area (Å²) in [5.74, 6) is 0.582. The van der Waals surface area contributed by atoms with Gasteiger partial charge >= 0.3 is 0 Å². The first-order valence-electron chi connectivity index (χ1n) is 7.47. The van der Waals surface area contributed by atoms with E-state index in [0.29, 0.717) is 11.5 Å². The third kappa shape index (κ3) is 4.04. The van der Waals surface area contributed by atoms with Gasteiger partial charge in [-0.25, -0.2) is 0 Å². The van der Waals surface area contributed by atoms with Gasteiger partial charge in [-0.1, -0.05) is 0 Å². The Bertz CT molecular complexity index is 491. The highest BCUT2D eigenvalue weighted by Crippen LogP contribution is 2.29. The molecular weight excluding hydrogens is 266 g/mol. The number of anilines is 1. The Balaban J connectivity index is 1.89. The lowest BCUT2D eigenvalue weighted by molar-refractivity contribution is -0.121. The molecule has 0 aliphatic heterocycles. The lowest BCUT2D eigenvalue weighted by Crippen LogP contribution is -2.29. The van der Waals surface area contributed by atoms with Crippen LogP contribution in [0.25, 0.3) is 0 Å². The van der Waals surface area contributed by atoms with Crippen molar-refractivity contribution < 1.29 is 9.59 Å². The number of carbonyl (C=O) groups excluding carboxylic acids is 2. The zero-order valence-corrected chi connectivity index (χ0v) is 12.4. The SMILES string of the molecule is CNC(=O)c1ccc(NC(=O)C2CCC(CN)CC2)cc1. The summed E-state index contributed by atoms with van der Waals surface area (Å²) < 4.78 is 0. The predicted octanol–water partition coefficient (Wildman–Crippen LogP) is 1.75. The summed E-state index contributed by atoms with van der Waals surface area (Å²) in [5.41, 5.74) is 6.98. The first kappa shape index (κ1) is 15.5. The van der Waals surface area contributed by atoms with E-state index in [4.69, 9.17) is 5.73 Å². The van der Waals surface area contributed by atoms with Crippen molar-refractivity contribution in [3.8, 4) is 0 Å². The maximum absolute atomic E-state index is 12.2.